The Morgan fingerprint density at radius 3 is 2.79 bits per heavy atom. The first-order valence-corrected chi connectivity index (χ1v) is 11.8. The first-order chi connectivity index (χ1) is 13.4. The van der Waals surface area contributed by atoms with Gasteiger partial charge < -0.3 is 9.72 Å². The second kappa shape index (κ2) is 7.65. The average molecular weight is 419 g/mol. The molecular formula is C19H22N4O3S2. The Kier molecular flexibility index (Phi) is 5.22. The summed E-state index contributed by atoms with van der Waals surface area (Å²) in [5.41, 5.74) is 1.85. The Balaban J connectivity index is 1.35. The number of aromatic nitrogens is 2. The highest BCUT2D eigenvalue weighted by atomic mass is 32.2. The minimum Gasteiger partial charge on any atom is -0.347 e. The maximum Gasteiger partial charge on any atom is 0.261 e. The Morgan fingerprint density at radius 1 is 1.25 bits per heavy atom. The summed E-state index contributed by atoms with van der Waals surface area (Å²) in [6.07, 6.45) is 8.38. The van der Waals surface area contributed by atoms with Crippen LogP contribution in [0.2, 0.25) is 0 Å². The van der Waals surface area contributed by atoms with Gasteiger partial charge in [0.15, 0.2) is 0 Å². The molecule has 1 amide bonds. The molecule has 1 aliphatic rings. The van der Waals surface area contributed by atoms with Gasteiger partial charge in [-0.3, -0.25) is 4.79 Å². The van der Waals surface area contributed by atoms with Crippen molar-refractivity contribution in [3.8, 4) is 0 Å². The summed E-state index contributed by atoms with van der Waals surface area (Å²) in [6.45, 7) is 1.53. The predicted octanol–water partition coefficient (Wildman–Crippen LogP) is 2.46. The van der Waals surface area contributed by atoms with Gasteiger partial charge in [-0.05, 0) is 48.6 Å². The van der Waals surface area contributed by atoms with Gasteiger partial charge >= 0.3 is 0 Å². The summed E-state index contributed by atoms with van der Waals surface area (Å²) in [7, 11) is -3.12. The molecule has 1 N–H and O–H groups in total. The Hall–Kier alpha value is -2.23. The molecule has 0 spiro atoms. The maximum atomic E-state index is 12.5. The number of carbonyl (C=O) groups excluding carboxylic acids is 1. The molecule has 4 heterocycles. The lowest BCUT2D eigenvalue weighted by Gasteiger charge is -2.29. The molecule has 0 aliphatic carbocycles. The topological polar surface area (TPSA) is 83.8 Å². The standard InChI is InChI=1S/C19H22N4O3S2/c1-28(25,26)23-9-5-15(6-10-23)16-2-3-17(27-16)19(24)21-13-14-4-8-22-11-7-20-18(22)12-14/h2-4,7-8,11-12,15H,5-6,9-10,13H2,1H3,(H,21,24). The van der Waals surface area contributed by atoms with Crippen LogP contribution in [-0.2, 0) is 16.6 Å². The fourth-order valence-corrected chi connectivity index (χ4v) is 5.47. The lowest BCUT2D eigenvalue weighted by atomic mass is 9.96. The zero-order chi connectivity index (χ0) is 19.7. The summed E-state index contributed by atoms with van der Waals surface area (Å²) in [5.74, 6) is 0.223. The number of rotatable bonds is 5. The van der Waals surface area contributed by atoms with Crippen molar-refractivity contribution < 1.29 is 13.2 Å². The highest BCUT2D eigenvalue weighted by molar-refractivity contribution is 7.88. The zero-order valence-electron chi connectivity index (χ0n) is 15.5. The number of sulfonamides is 1. The van der Waals surface area contributed by atoms with E-state index in [1.807, 2.05) is 41.1 Å². The Labute approximate surface area is 168 Å². The van der Waals surface area contributed by atoms with Crippen LogP contribution in [0.25, 0.3) is 5.65 Å². The van der Waals surface area contributed by atoms with Crippen molar-refractivity contribution in [2.24, 2.45) is 0 Å². The minimum atomic E-state index is -3.12. The van der Waals surface area contributed by atoms with Crippen molar-refractivity contribution in [3.63, 3.8) is 0 Å². The smallest absolute Gasteiger partial charge is 0.261 e. The van der Waals surface area contributed by atoms with E-state index in [-0.39, 0.29) is 5.91 Å². The molecule has 1 fully saturated rings. The summed E-state index contributed by atoms with van der Waals surface area (Å²) in [5, 5.41) is 2.96. The van der Waals surface area contributed by atoms with E-state index in [9.17, 15) is 13.2 Å². The van der Waals surface area contributed by atoms with E-state index in [1.54, 1.807) is 6.20 Å². The third-order valence-electron chi connectivity index (χ3n) is 5.09. The summed E-state index contributed by atoms with van der Waals surface area (Å²) in [6, 6.07) is 7.77. The number of piperidine rings is 1. The van der Waals surface area contributed by atoms with E-state index in [4.69, 9.17) is 0 Å². The Morgan fingerprint density at radius 2 is 2.04 bits per heavy atom. The third-order valence-corrected chi connectivity index (χ3v) is 7.64. The van der Waals surface area contributed by atoms with Crippen LogP contribution in [0.3, 0.4) is 0 Å². The number of nitrogens with zero attached hydrogens (tertiary/aromatic N) is 3. The van der Waals surface area contributed by atoms with Gasteiger partial charge in [-0.2, -0.15) is 0 Å². The monoisotopic (exact) mass is 418 g/mol. The zero-order valence-corrected chi connectivity index (χ0v) is 17.2. The van der Waals surface area contributed by atoms with Gasteiger partial charge in [-0.1, -0.05) is 0 Å². The van der Waals surface area contributed by atoms with Crippen molar-refractivity contribution in [1.82, 2.24) is 19.0 Å². The Bertz CT molecular complexity index is 1100. The van der Waals surface area contributed by atoms with Crippen LogP contribution in [0.15, 0.2) is 42.9 Å². The van der Waals surface area contributed by atoms with Crippen LogP contribution in [-0.4, -0.2) is 47.4 Å². The van der Waals surface area contributed by atoms with Gasteiger partial charge in [0.1, 0.15) is 5.65 Å². The SMILES string of the molecule is CS(=O)(=O)N1CCC(c2ccc(C(=O)NCc3ccn4ccnc4c3)s2)CC1. The van der Waals surface area contributed by atoms with Crippen LogP contribution < -0.4 is 5.32 Å². The molecule has 148 valence electrons. The lowest BCUT2D eigenvalue weighted by Crippen LogP contribution is -2.36. The van der Waals surface area contributed by atoms with Gasteiger partial charge in [-0.25, -0.2) is 17.7 Å². The van der Waals surface area contributed by atoms with Crippen LogP contribution in [0.4, 0.5) is 0 Å². The molecule has 1 aliphatic heterocycles. The molecular weight excluding hydrogens is 396 g/mol. The van der Waals surface area contributed by atoms with Crippen LogP contribution in [0, 0.1) is 0 Å². The first-order valence-electron chi connectivity index (χ1n) is 9.15. The molecule has 9 heteroatoms. The molecule has 0 bridgehead atoms. The molecule has 0 unspecified atom stereocenters. The quantitative estimate of drug-likeness (QED) is 0.690. The highest BCUT2D eigenvalue weighted by Crippen LogP contribution is 2.33. The molecule has 3 aromatic heterocycles. The minimum absolute atomic E-state index is 0.0898. The number of thiophene rings is 1. The number of carbonyl (C=O) groups is 1. The van der Waals surface area contributed by atoms with Gasteiger partial charge in [-0.15, -0.1) is 11.3 Å². The third kappa shape index (κ3) is 4.11. The molecule has 0 aromatic carbocycles. The molecule has 1 saturated heterocycles. The molecule has 3 aromatic rings. The normalized spacial score (nSPS) is 16.5. The maximum absolute atomic E-state index is 12.5. The molecule has 7 nitrogen and oxygen atoms in total. The van der Waals surface area contributed by atoms with E-state index < -0.39 is 10.0 Å². The molecule has 4 rings (SSSR count). The van der Waals surface area contributed by atoms with Gasteiger partial charge in [0.2, 0.25) is 10.0 Å². The van der Waals surface area contributed by atoms with E-state index in [0.29, 0.717) is 30.4 Å². The van der Waals surface area contributed by atoms with Gasteiger partial charge in [0.05, 0.1) is 11.1 Å². The van der Waals surface area contributed by atoms with Crippen molar-refractivity contribution in [3.05, 3.63) is 58.2 Å². The van der Waals surface area contributed by atoms with E-state index in [2.05, 4.69) is 10.3 Å². The van der Waals surface area contributed by atoms with Crippen molar-refractivity contribution >= 4 is 32.9 Å². The predicted molar refractivity (Wildman–Crippen MR) is 109 cm³/mol. The number of nitrogens with one attached hydrogen (secondary N) is 1. The van der Waals surface area contributed by atoms with Crippen LogP contribution >= 0.6 is 11.3 Å². The second-order valence-electron chi connectivity index (χ2n) is 7.05. The van der Waals surface area contributed by atoms with Crippen LogP contribution in [0.5, 0.6) is 0 Å². The number of fused-ring (bicyclic) bond motifs is 1. The average Bonchev–Trinajstić information content (AvgIpc) is 3.34. The van der Waals surface area contributed by atoms with E-state index >= 15 is 0 Å². The summed E-state index contributed by atoms with van der Waals surface area (Å²) in [4.78, 5) is 18.6. The van der Waals surface area contributed by atoms with Gasteiger partial charge in [0.25, 0.3) is 5.91 Å². The molecule has 0 radical (unpaired) electrons. The fourth-order valence-electron chi connectivity index (χ4n) is 3.50. The molecule has 0 saturated carbocycles. The second-order valence-corrected chi connectivity index (χ2v) is 10.1. The van der Waals surface area contributed by atoms with E-state index in [1.165, 1.54) is 21.9 Å². The van der Waals surface area contributed by atoms with Gasteiger partial charge in [0, 0.05) is 43.1 Å². The number of imidazole rings is 1. The van der Waals surface area contributed by atoms with Crippen LogP contribution in [0.1, 0.15) is 38.9 Å². The largest absolute Gasteiger partial charge is 0.347 e. The number of amides is 1. The van der Waals surface area contributed by atoms with Crippen molar-refractivity contribution in [2.75, 3.05) is 19.3 Å². The molecule has 28 heavy (non-hydrogen) atoms. The molecule has 0 atom stereocenters. The summed E-state index contributed by atoms with van der Waals surface area (Å²) < 4.78 is 26.7. The van der Waals surface area contributed by atoms with E-state index in [0.717, 1.165) is 28.9 Å². The van der Waals surface area contributed by atoms with Crippen molar-refractivity contribution in [2.45, 2.75) is 25.3 Å². The highest BCUT2D eigenvalue weighted by Gasteiger charge is 2.27. The number of pyridine rings is 1. The van der Waals surface area contributed by atoms with Crippen molar-refractivity contribution in [1.29, 1.82) is 0 Å². The lowest BCUT2D eigenvalue weighted by molar-refractivity contribution is 0.0955. The summed E-state index contributed by atoms with van der Waals surface area (Å²) >= 11 is 1.50. The number of hydrogen-bond acceptors (Lipinski definition) is 5. The first kappa shape index (κ1) is 19.1. The fraction of sp³-hybridized carbons (Fsp3) is 0.368. The number of hydrogen-bond donors (Lipinski definition) is 1.